The monoisotopic (exact) mass is 296 g/mol. The first-order chi connectivity index (χ1) is 9.55. The summed E-state index contributed by atoms with van der Waals surface area (Å²) in [5.41, 5.74) is -0.345. The van der Waals surface area contributed by atoms with Gasteiger partial charge in [0.05, 0.1) is 5.41 Å². The van der Waals surface area contributed by atoms with Gasteiger partial charge in [-0.25, -0.2) is 0 Å². The molecule has 0 bridgehead atoms. The van der Waals surface area contributed by atoms with Gasteiger partial charge in [-0.1, -0.05) is 44.2 Å². The average molecular weight is 296 g/mol. The average Bonchev–Trinajstić information content (AvgIpc) is 2.46. The zero-order valence-corrected chi connectivity index (χ0v) is 14.6. The molecular formula is C15H17N2NaO3. The van der Waals surface area contributed by atoms with Crippen molar-refractivity contribution < 1.29 is 43.9 Å². The van der Waals surface area contributed by atoms with Crippen molar-refractivity contribution >= 4 is 17.8 Å². The molecule has 0 aliphatic carbocycles. The second-order valence-electron chi connectivity index (χ2n) is 4.87. The zero-order chi connectivity index (χ0) is 14.8. The van der Waals surface area contributed by atoms with Gasteiger partial charge in [0.2, 0.25) is 0 Å². The molecule has 0 radical (unpaired) electrons. The first-order valence-electron chi connectivity index (χ1n) is 6.71. The number of benzene rings is 1. The molecule has 1 heterocycles. The van der Waals surface area contributed by atoms with Gasteiger partial charge in [-0.05, 0) is 24.9 Å². The molecule has 0 saturated carbocycles. The predicted octanol–water partition coefficient (Wildman–Crippen LogP) is -0.141. The van der Waals surface area contributed by atoms with E-state index in [0.29, 0.717) is 12.8 Å². The molecule has 0 atom stereocenters. The summed E-state index contributed by atoms with van der Waals surface area (Å²) < 4.78 is 0. The molecular weight excluding hydrogens is 279 g/mol. The minimum atomic E-state index is -1.18. The third-order valence-corrected chi connectivity index (χ3v) is 3.88. The summed E-state index contributed by atoms with van der Waals surface area (Å²) >= 11 is 0. The van der Waals surface area contributed by atoms with Gasteiger partial charge in [-0.15, -0.1) is 0 Å². The first-order valence-corrected chi connectivity index (χ1v) is 6.71. The van der Waals surface area contributed by atoms with Crippen molar-refractivity contribution in [3.05, 3.63) is 41.2 Å². The van der Waals surface area contributed by atoms with E-state index in [-0.39, 0.29) is 36.1 Å². The maximum atomic E-state index is 12.6. The van der Waals surface area contributed by atoms with Crippen LogP contribution in [-0.2, 0) is 16.1 Å². The largest absolute Gasteiger partial charge is 1.00 e. The van der Waals surface area contributed by atoms with Crippen molar-refractivity contribution in [2.75, 3.05) is 0 Å². The van der Waals surface area contributed by atoms with Gasteiger partial charge < -0.3 is 10.2 Å². The van der Waals surface area contributed by atoms with Gasteiger partial charge in [0.25, 0.3) is 0 Å². The number of amides is 4. The number of hydrogen-bond acceptors (Lipinski definition) is 3. The van der Waals surface area contributed by atoms with Crippen LogP contribution in [0.2, 0.25) is 0 Å². The smallest absolute Gasteiger partial charge is 0.376 e. The summed E-state index contributed by atoms with van der Waals surface area (Å²) in [6.45, 7) is 3.69. The molecule has 0 N–H and O–H groups in total. The summed E-state index contributed by atoms with van der Waals surface area (Å²) in [4.78, 5) is 37.5. The van der Waals surface area contributed by atoms with E-state index in [1.807, 2.05) is 30.3 Å². The molecule has 106 valence electrons. The summed E-state index contributed by atoms with van der Waals surface area (Å²) in [7, 11) is 0. The maximum absolute atomic E-state index is 12.6. The number of carbonyl (C=O) groups is 3. The number of hydrogen-bond donors (Lipinski definition) is 0. The van der Waals surface area contributed by atoms with E-state index in [1.54, 1.807) is 13.8 Å². The Morgan fingerprint density at radius 2 is 1.62 bits per heavy atom. The topological polar surface area (TPSA) is 68.6 Å². The van der Waals surface area contributed by atoms with Gasteiger partial charge >= 0.3 is 29.6 Å². The maximum Gasteiger partial charge on any atom is 1.00 e. The number of barbiturate groups is 1. The van der Waals surface area contributed by atoms with Crippen LogP contribution in [0.4, 0.5) is 4.79 Å². The van der Waals surface area contributed by atoms with E-state index < -0.39 is 23.3 Å². The molecule has 1 aliphatic heterocycles. The molecule has 1 aliphatic rings. The van der Waals surface area contributed by atoms with Crippen LogP contribution >= 0.6 is 0 Å². The first kappa shape index (κ1) is 17.9. The Bertz CT molecular complexity index is 541. The number of urea groups is 1. The Hall–Kier alpha value is -1.17. The van der Waals surface area contributed by atoms with Crippen LogP contribution in [0, 0.1) is 5.41 Å². The van der Waals surface area contributed by atoms with Crippen molar-refractivity contribution in [2.45, 2.75) is 33.2 Å². The predicted molar refractivity (Wildman–Crippen MR) is 73.8 cm³/mol. The summed E-state index contributed by atoms with van der Waals surface area (Å²) in [6, 6.07) is 8.43. The van der Waals surface area contributed by atoms with E-state index in [0.717, 1.165) is 10.5 Å². The van der Waals surface area contributed by atoms with Crippen LogP contribution in [0.3, 0.4) is 0 Å². The molecule has 5 nitrogen and oxygen atoms in total. The summed E-state index contributed by atoms with van der Waals surface area (Å²) in [6.07, 6.45) is 0.701. The molecule has 1 fully saturated rings. The quantitative estimate of drug-likeness (QED) is 0.573. The van der Waals surface area contributed by atoms with Gasteiger partial charge in [0, 0.05) is 0 Å². The zero-order valence-electron chi connectivity index (χ0n) is 12.6. The summed E-state index contributed by atoms with van der Waals surface area (Å²) in [5, 5.41) is 3.53. The normalized spacial score (nSPS) is 17.2. The molecule has 2 rings (SSSR count). The van der Waals surface area contributed by atoms with E-state index in [9.17, 15) is 14.4 Å². The fourth-order valence-corrected chi connectivity index (χ4v) is 2.45. The minimum absolute atomic E-state index is 0. The Balaban J connectivity index is 0.00000220. The Kier molecular flexibility index (Phi) is 6.13. The molecule has 1 aromatic rings. The standard InChI is InChI=1S/C15H18N2O3.Na/c1-3-15(4-2)12(18)16-14(20)17(13(15)19)10-11-8-6-5-7-9-11;/h5-9H,3-4,10H2,1-2H3,(H,16,18,20);/q;+1/p-1. The number of carbonyl (C=O) groups excluding carboxylic acids is 3. The SMILES string of the molecule is CCC1(CC)C(=O)[N-]C(=O)N(Cc2ccccc2)C1=O.[Na+]. The van der Waals surface area contributed by atoms with Gasteiger partial charge in [0.1, 0.15) is 0 Å². The van der Waals surface area contributed by atoms with E-state index in [2.05, 4.69) is 5.32 Å². The molecule has 0 spiro atoms. The van der Waals surface area contributed by atoms with E-state index in [4.69, 9.17) is 0 Å². The minimum Gasteiger partial charge on any atom is -0.376 e. The number of rotatable bonds is 4. The van der Waals surface area contributed by atoms with E-state index in [1.165, 1.54) is 0 Å². The van der Waals surface area contributed by atoms with Crippen molar-refractivity contribution in [3.63, 3.8) is 0 Å². The van der Waals surface area contributed by atoms with Crippen LogP contribution in [0.1, 0.15) is 32.3 Å². The van der Waals surface area contributed by atoms with Gasteiger partial charge in [-0.3, -0.25) is 14.4 Å². The Morgan fingerprint density at radius 3 is 2.14 bits per heavy atom. The van der Waals surface area contributed by atoms with Crippen LogP contribution in [-0.4, -0.2) is 22.7 Å². The third kappa shape index (κ3) is 3.20. The Morgan fingerprint density at radius 1 is 1.05 bits per heavy atom. The second kappa shape index (κ2) is 7.20. The number of imide groups is 2. The third-order valence-electron chi connectivity index (χ3n) is 3.88. The Labute approximate surface area is 146 Å². The molecule has 1 saturated heterocycles. The number of nitrogens with zero attached hydrogens (tertiary/aromatic N) is 2. The fraction of sp³-hybridized carbons (Fsp3) is 0.400. The molecule has 0 aromatic heterocycles. The van der Waals surface area contributed by atoms with Crippen molar-refractivity contribution in [3.8, 4) is 0 Å². The van der Waals surface area contributed by atoms with Crippen LogP contribution in [0.15, 0.2) is 30.3 Å². The van der Waals surface area contributed by atoms with Gasteiger partial charge in [-0.2, -0.15) is 0 Å². The molecule has 21 heavy (non-hydrogen) atoms. The van der Waals surface area contributed by atoms with Crippen LogP contribution in [0.5, 0.6) is 0 Å². The van der Waals surface area contributed by atoms with Crippen molar-refractivity contribution in [1.29, 1.82) is 0 Å². The summed E-state index contributed by atoms with van der Waals surface area (Å²) in [5.74, 6) is -1.04. The van der Waals surface area contributed by atoms with E-state index >= 15 is 0 Å². The van der Waals surface area contributed by atoms with Crippen LogP contribution < -0.4 is 29.6 Å². The molecule has 4 amide bonds. The van der Waals surface area contributed by atoms with Crippen LogP contribution in [0.25, 0.3) is 5.32 Å². The van der Waals surface area contributed by atoms with Crippen molar-refractivity contribution in [1.82, 2.24) is 4.90 Å². The molecule has 6 heteroatoms. The fourth-order valence-electron chi connectivity index (χ4n) is 2.45. The second-order valence-corrected chi connectivity index (χ2v) is 4.87. The van der Waals surface area contributed by atoms with Gasteiger partial charge in [0.15, 0.2) is 17.8 Å². The molecule has 1 aromatic carbocycles. The molecule has 0 unspecified atom stereocenters. The van der Waals surface area contributed by atoms with Crippen molar-refractivity contribution in [2.24, 2.45) is 5.41 Å².